The van der Waals surface area contributed by atoms with Crippen LogP contribution < -0.4 is 29.6 Å². The zero-order valence-electron chi connectivity index (χ0n) is 80.8. The zero-order chi connectivity index (χ0) is 86.8. The molecule has 0 radical (unpaired) electrons. The maximum absolute atomic E-state index is 13.0. The van der Waals surface area contributed by atoms with Gasteiger partial charge in [0.25, 0.3) is 0 Å². The van der Waals surface area contributed by atoms with Crippen molar-refractivity contribution in [1.82, 2.24) is 9.80 Å². The van der Waals surface area contributed by atoms with Crippen molar-refractivity contribution in [2.24, 2.45) is 5.92 Å². The Balaban J connectivity index is 0.00000100. The monoisotopic (exact) mass is 1710 g/mol. The maximum Gasteiger partial charge on any atom is 1.00 e. The Kier molecular flexibility index (Phi) is 79.0. The molecule has 3 saturated carbocycles. The molecule has 0 unspecified atom stereocenters. The minimum atomic E-state index is -0.766. The van der Waals surface area contributed by atoms with E-state index in [2.05, 4.69) is 132 Å². The van der Waals surface area contributed by atoms with Crippen LogP contribution >= 0.6 is 0 Å². The molecule has 0 aliphatic heterocycles. The predicted octanol–water partition coefficient (Wildman–Crippen LogP) is 28.1. The Bertz CT molecular complexity index is 2890. The van der Waals surface area contributed by atoms with Crippen LogP contribution in [0.15, 0.2) is 158 Å². The number of allylic oxidation sites excluding steroid dienone is 16. The largest absolute Gasteiger partial charge is 1.00 e. The van der Waals surface area contributed by atoms with Crippen molar-refractivity contribution >= 4 is 12.2 Å². The summed E-state index contributed by atoms with van der Waals surface area (Å²) >= 11 is 0. The van der Waals surface area contributed by atoms with Crippen LogP contribution in [0.25, 0.3) is 0 Å². The van der Waals surface area contributed by atoms with Crippen molar-refractivity contribution in [2.75, 3.05) is 40.5 Å². The van der Waals surface area contributed by atoms with Crippen LogP contribution in [0.2, 0.25) is 0 Å². The van der Waals surface area contributed by atoms with Crippen molar-refractivity contribution in [3.8, 4) is 0 Å². The molecular formula is C109H185N2NaO10. The third-order valence-corrected chi connectivity index (χ3v) is 24.2. The summed E-state index contributed by atoms with van der Waals surface area (Å²) in [6, 6.07) is 19.4. The van der Waals surface area contributed by atoms with Gasteiger partial charge in [0, 0.05) is 52.6 Å². The second-order valence-corrected chi connectivity index (χ2v) is 35.3. The van der Waals surface area contributed by atoms with Crippen LogP contribution in [-0.2, 0) is 41.6 Å². The van der Waals surface area contributed by atoms with E-state index in [1.807, 2.05) is 67.7 Å². The molecular weight excluding hydrogens is 1520 g/mol. The number of hydrogen-bond donors (Lipinski definition) is 2. The first kappa shape index (κ1) is 114. The number of nitrogens with zero attached hydrogens (tertiary/aromatic N) is 2. The fourth-order valence-corrected chi connectivity index (χ4v) is 16.2. The molecule has 3 aliphatic rings. The van der Waals surface area contributed by atoms with Gasteiger partial charge in [-0.1, -0.05) is 347 Å². The van der Waals surface area contributed by atoms with Gasteiger partial charge in [-0.3, -0.25) is 0 Å². The van der Waals surface area contributed by atoms with E-state index in [0.29, 0.717) is 38.1 Å². The minimum Gasteiger partial charge on any atom is -1.00 e. The number of benzene rings is 2. The van der Waals surface area contributed by atoms with E-state index < -0.39 is 18.3 Å². The SMILES string of the molecule is CCCCC/C=C\C/C=C\CCCCCCCCO[C@H]1C[C@H](C)CC[C@H]1OCCCCCCCC/C=C\C/C=C\CCCCC.CCCCC/C=C\C/C=C\CCCCCCCCO[C@H]1C[C@H](N(C)C(=O)OCc2ccccc2)CC[C@H]1OCCCCCCCC/C=C\C/C=C\CCCCC.CN(C(=O)OCc1ccccc1)[C@@H]1CC[C@@H](O)[C@@H](O)C1.[H-].[Na+]. The topological polar surface area (TPSA) is 136 Å². The summed E-state index contributed by atoms with van der Waals surface area (Å²) in [6.45, 7) is 15.4. The third-order valence-electron chi connectivity index (χ3n) is 24.2. The molecule has 692 valence electrons. The summed E-state index contributed by atoms with van der Waals surface area (Å²) in [5, 5.41) is 19.1. The van der Waals surface area contributed by atoms with Gasteiger partial charge in [-0.15, -0.1) is 0 Å². The quantitative estimate of drug-likeness (QED) is 0.0374. The normalized spacial score (nSPS) is 19.5. The third kappa shape index (κ3) is 65.2. The molecule has 0 heterocycles. The Hall–Kier alpha value is -4.34. The number of hydrogen-bond acceptors (Lipinski definition) is 10. The number of aliphatic hydroxyl groups excluding tert-OH is 2. The number of unbranched alkanes of at least 4 members (excludes halogenated alkanes) is 36. The van der Waals surface area contributed by atoms with E-state index in [4.69, 9.17) is 28.4 Å². The zero-order valence-corrected chi connectivity index (χ0v) is 81.8. The Labute approximate surface area is 773 Å². The number of amides is 2. The molecule has 12 nitrogen and oxygen atoms in total. The summed E-state index contributed by atoms with van der Waals surface area (Å²) in [4.78, 5) is 28.3. The Morgan fingerprint density at radius 3 is 0.893 bits per heavy atom. The Morgan fingerprint density at radius 1 is 0.320 bits per heavy atom. The van der Waals surface area contributed by atoms with E-state index in [0.717, 1.165) is 101 Å². The number of rotatable bonds is 70. The van der Waals surface area contributed by atoms with Crippen LogP contribution in [0.4, 0.5) is 9.59 Å². The van der Waals surface area contributed by atoms with Gasteiger partial charge >= 0.3 is 41.7 Å². The fourth-order valence-electron chi connectivity index (χ4n) is 16.2. The van der Waals surface area contributed by atoms with Crippen LogP contribution in [-0.4, -0.2) is 121 Å². The molecule has 0 aromatic heterocycles. The standard InChI is InChI=1S/C51H85NO4.C43H78O2.C15H21NO4.Na.H/c1-4-6-8-10-12-14-16-18-20-22-24-26-28-30-32-37-43-54-49-42-41-48(52(3)51(53)56-46-47-39-35-34-36-40-47)45-50(49)55-44-38-33-31-29-27-25-23-21-19-17-15-13-11-9-7-5-2;1-4-6-8-10-12-14-16-18-20-22-24-26-28-30-32-34-38-44-42-37-36-41(3)40-43(42)45-39-35-33-31-29-27-25-23-21-19-17-15-13-11-9-7-5-2;1-16(12-7-8-13(17)14(18)9-12)15(19)20-10-11-5-3-2-4-6-11;;/h12-15,18-21,34-36,39-40,48-50H,4-11,16-17,22-33,37-38,41-46H2,1-3H3;12-15,18-21,41-43H,4-11,16-17,22-40H2,1-3H3;2-6,12-14,17-18H,7-10H2,1H3;;/q;;;+1;-1/b2*14-12-,15-13-,20-18-,21-19-;;;/t48-,49-,50+;41-,42-,43+;12-,13-,14+;;/m111../s1. The molecule has 3 fully saturated rings. The summed E-state index contributed by atoms with van der Waals surface area (Å²) in [5.74, 6) is 0.771. The summed E-state index contributed by atoms with van der Waals surface area (Å²) < 4.78 is 36.8. The molecule has 3 aliphatic carbocycles. The van der Waals surface area contributed by atoms with Crippen LogP contribution in [0, 0.1) is 5.92 Å². The molecule has 2 aromatic carbocycles. The van der Waals surface area contributed by atoms with Gasteiger partial charge in [-0.05, 0) is 229 Å². The van der Waals surface area contributed by atoms with Gasteiger partial charge in [0.15, 0.2) is 0 Å². The van der Waals surface area contributed by atoms with Crippen LogP contribution in [0.1, 0.15) is 413 Å². The molecule has 122 heavy (non-hydrogen) atoms. The van der Waals surface area contributed by atoms with Gasteiger partial charge < -0.3 is 49.9 Å². The Morgan fingerprint density at radius 2 is 0.582 bits per heavy atom. The molecule has 2 aromatic rings. The number of carbonyl (C=O) groups is 2. The minimum absolute atomic E-state index is 0. The smallest absolute Gasteiger partial charge is 1.00 e. The van der Waals surface area contributed by atoms with E-state index in [1.165, 1.54) is 294 Å². The molecule has 9 atom stereocenters. The van der Waals surface area contributed by atoms with Crippen molar-refractivity contribution in [3.63, 3.8) is 0 Å². The van der Waals surface area contributed by atoms with Gasteiger partial charge in [0.05, 0.1) is 36.6 Å². The molecule has 0 spiro atoms. The van der Waals surface area contributed by atoms with Crippen LogP contribution in [0.5, 0.6) is 0 Å². The average molecular weight is 1710 g/mol. The fraction of sp³-hybridized carbons (Fsp3) is 0.725. The summed E-state index contributed by atoms with van der Waals surface area (Å²) in [7, 11) is 3.55. The first-order valence-electron chi connectivity index (χ1n) is 50.4. The number of ether oxygens (including phenoxy) is 6. The van der Waals surface area contributed by atoms with Gasteiger partial charge in [-0.2, -0.15) is 0 Å². The summed E-state index contributed by atoms with van der Waals surface area (Å²) in [5.41, 5.74) is 1.94. The van der Waals surface area contributed by atoms with E-state index in [-0.39, 0.29) is 68.0 Å². The predicted molar refractivity (Wildman–Crippen MR) is 517 cm³/mol. The van der Waals surface area contributed by atoms with Crippen molar-refractivity contribution in [3.05, 3.63) is 169 Å². The average Bonchev–Trinajstić information content (AvgIpc) is 0.838. The first-order valence-corrected chi connectivity index (χ1v) is 50.4. The summed E-state index contributed by atoms with van der Waals surface area (Å²) in [6.07, 6.45) is 105. The van der Waals surface area contributed by atoms with Crippen molar-refractivity contribution in [2.45, 2.75) is 463 Å². The van der Waals surface area contributed by atoms with Gasteiger partial charge in [0.1, 0.15) is 13.2 Å². The molecule has 0 saturated heterocycles. The van der Waals surface area contributed by atoms with Crippen molar-refractivity contribution < 1.29 is 79.2 Å². The van der Waals surface area contributed by atoms with Crippen molar-refractivity contribution in [1.29, 1.82) is 0 Å². The molecule has 13 heteroatoms. The van der Waals surface area contributed by atoms with Crippen LogP contribution in [0.3, 0.4) is 0 Å². The molecule has 5 rings (SSSR count). The second kappa shape index (κ2) is 84.8. The first-order chi connectivity index (χ1) is 59.5. The number of aliphatic hydroxyl groups is 2. The number of carbonyl (C=O) groups excluding carboxylic acids is 2. The maximum atomic E-state index is 13.0. The van der Waals surface area contributed by atoms with Gasteiger partial charge in [-0.25, -0.2) is 9.59 Å². The van der Waals surface area contributed by atoms with E-state index in [9.17, 15) is 19.8 Å². The van der Waals surface area contributed by atoms with E-state index >= 15 is 0 Å². The molecule has 2 amide bonds. The molecule has 0 bridgehead atoms. The molecule has 2 N–H and O–H groups in total. The van der Waals surface area contributed by atoms with E-state index in [1.54, 1.807) is 11.9 Å². The van der Waals surface area contributed by atoms with Gasteiger partial charge in [0.2, 0.25) is 0 Å². The second-order valence-electron chi connectivity index (χ2n) is 35.3.